The lowest BCUT2D eigenvalue weighted by Crippen LogP contribution is -2.19. The number of carboxylic acids is 1. The molecule has 12 nitrogen and oxygen atoms in total. The molecule has 1 heterocycles. The fourth-order valence-electron chi connectivity index (χ4n) is 5.53. The number of nitrogen functional groups attached to an aromatic ring is 2. The molecule has 0 spiro atoms. The van der Waals surface area contributed by atoms with Crippen LogP contribution in [0.25, 0.3) is 0 Å². The number of ether oxygens (including phenoxy) is 1. The smallest absolute Gasteiger partial charge is 0.327 e. The van der Waals surface area contributed by atoms with Gasteiger partial charge in [0.15, 0.2) is 0 Å². The molecule has 18 heteroatoms. The molecule has 6 aromatic rings. The topological polar surface area (TPSA) is 241 Å². The van der Waals surface area contributed by atoms with Crippen LogP contribution in [0.1, 0.15) is 49.9 Å². The largest absolute Gasteiger partial charge is 0.508 e. The van der Waals surface area contributed by atoms with E-state index in [4.69, 9.17) is 38.2 Å². The van der Waals surface area contributed by atoms with Crippen molar-refractivity contribution in [1.29, 1.82) is 5.26 Å². The SMILES string of the molecule is C=CC#N.C=CC(=O)O.C=CC=C.CC(C)(c1cc(Br)c(O)c(Br)c1)c1cc(Br)c(O)c(Br)c1.CC(C)(c1ccc(O)cc1)c1ccc(O)cc1.ClCC1CO1.Nc1ccc(S(=O)(=O)c2ccc(N)cc2)cc1. The Balaban J connectivity index is 0.000000469. The number of hydrogen-bond donors (Lipinski definition) is 7. The molecule has 1 fully saturated rings. The van der Waals surface area contributed by atoms with Gasteiger partial charge in [-0.05, 0) is 183 Å². The number of halogens is 5. The van der Waals surface area contributed by atoms with Gasteiger partial charge in [-0.3, -0.25) is 0 Å². The number of allylic oxidation sites excluding steroid dienone is 3. The Morgan fingerprint density at radius 3 is 1.14 bits per heavy atom. The lowest BCUT2D eigenvalue weighted by Gasteiger charge is -2.27. The van der Waals surface area contributed by atoms with Gasteiger partial charge in [0.2, 0.25) is 9.84 Å². The van der Waals surface area contributed by atoms with Gasteiger partial charge < -0.3 is 41.7 Å². The number of alkyl halides is 1. The summed E-state index contributed by atoms with van der Waals surface area (Å²) >= 11 is 18.7. The van der Waals surface area contributed by atoms with Crippen LogP contribution >= 0.6 is 75.3 Å². The van der Waals surface area contributed by atoms with E-state index in [9.17, 15) is 33.6 Å². The monoisotopic (exact) mass is 1290 g/mol. The molecule has 388 valence electrons. The number of anilines is 2. The van der Waals surface area contributed by atoms with Crippen molar-refractivity contribution in [2.24, 2.45) is 0 Å². The predicted molar refractivity (Wildman–Crippen MR) is 309 cm³/mol. The highest BCUT2D eigenvalue weighted by atomic mass is 79.9. The summed E-state index contributed by atoms with van der Waals surface area (Å²) in [5.74, 6) is 0.598. The maximum Gasteiger partial charge on any atom is 0.327 e. The predicted octanol–water partition coefficient (Wildman–Crippen LogP) is 14.5. The molecule has 0 aromatic heterocycles. The molecule has 0 aliphatic carbocycles. The summed E-state index contributed by atoms with van der Waals surface area (Å²) in [6, 6.07) is 35.9. The van der Waals surface area contributed by atoms with E-state index < -0.39 is 15.8 Å². The first-order valence-corrected chi connectivity index (χ1v) is 26.6. The van der Waals surface area contributed by atoms with Crippen LogP contribution in [0, 0.1) is 11.3 Å². The zero-order chi connectivity index (χ0) is 55.7. The van der Waals surface area contributed by atoms with E-state index in [0.29, 0.717) is 41.2 Å². The van der Waals surface area contributed by atoms with Gasteiger partial charge in [0.1, 0.15) is 23.0 Å². The number of rotatable bonds is 9. The zero-order valence-corrected chi connectivity index (χ0v) is 48.4. The normalized spacial score (nSPS) is 11.9. The molecule has 0 amide bonds. The second-order valence-electron chi connectivity index (χ2n) is 16.0. The van der Waals surface area contributed by atoms with Crippen molar-refractivity contribution in [2.75, 3.05) is 24.0 Å². The van der Waals surface area contributed by atoms with Gasteiger partial charge in [0.05, 0.1) is 52.3 Å². The Bertz CT molecular complexity index is 2700. The molecule has 1 unspecified atom stereocenters. The summed E-state index contributed by atoms with van der Waals surface area (Å²) in [6.07, 6.45) is 5.69. The molecule has 7 rings (SSSR count). The van der Waals surface area contributed by atoms with Gasteiger partial charge in [-0.2, -0.15) is 5.26 Å². The van der Waals surface area contributed by atoms with Gasteiger partial charge in [-0.15, -0.1) is 11.6 Å². The molecule has 0 saturated carbocycles. The van der Waals surface area contributed by atoms with Crippen molar-refractivity contribution < 1.29 is 43.5 Å². The molecule has 9 N–H and O–H groups in total. The first-order chi connectivity index (χ1) is 34.2. The lowest BCUT2D eigenvalue weighted by molar-refractivity contribution is -0.131. The quantitative estimate of drug-likeness (QED) is 0.0179. The first kappa shape index (κ1) is 65.2. The number of hydrogen-bond acceptors (Lipinski definition) is 11. The number of nitriles is 1. The van der Waals surface area contributed by atoms with Crippen LogP contribution < -0.4 is 11.5 Å². The van der Waals surface area contributed by atoms with Crippen LogP contribution in [0.4, 0.5) is 11.4 Å². The van der Waals surface area contributed by atoms with Crippen molar-refractivity contribution in [3.63, 3.8) is 0 Å². The highest BCUT2D eigenvalue weighted by molar-refractivity contribution is 9.11. The molecular formula is C55H58Br4ClN3O9S. The summed E-state index contributed by atoms with van der Waals surface area (Å²) in [5.41, 5.74) is 15.9. The van der Waals surface area contributed by atoms with Crippen molar-refractivity contribution >= 4 is 103 Å². The highest BCUT2D eigenvalue weighted by Gasteiger charge is 2.27. The van der Waals surface area contributed by atoms with Crippen LogP contribution in [0.2, 0.25) is 0 Å². The Hall–Kier alpha value is -5.84. The van der Waals surface area contributed by atoms with Crippen molar-refractivity contribution in [1.82, 2.24) is 0 Å². The fourth-order valence-corrected chi connectivity index (χ4v) is 9.34. The summed E-state index contributed by atoms with van der Waals surface area (Å²) in [4.78, 5) is 9.69. The standard InChI is InChI=1S/C15H12Br4O2.C15H16O2.C12H12N2O2S.C4H6.C3H5ClO.C3H3N.C3H4O2/c1-15(2,7-3-9(16)13(20)10(17)4-7)8-5-11(18)14(21)12(19)6-8;1-15(2,11-3-7-13(16)8-4-11)12-5-9-14(17)10-6-12;13-9-1-5-11(6-2-9)17(15,16)12-7-3-10(14)4-8-12;1-3-4-2;4-1-3-2-5-3;1-2-3-4;1-2-3(4)5/h3-6,20-21H,1-2H3;3-10,16-17H,1-2H3;1-8H,13-14H2;3-4H,1-2H2;3H,1-2H2;2H,1H2;2H,1H2,(H,4,5). The van der Waals surface area contributed by atoms with E-state index in [1.165, 1.54) is 30.3 Å². The number of benzene rings is 6. The van der Waals surface area contributed by atoms with Gasteiger partial charge in [-0.25, -0.2) is 13.2 Å². The maximum atomic E-state index is 12.2. The molecule has 1 saturated heterocycles. The van der Waals surface area contributed by atoms with E-state index in [1.807, 2.05) is 48.5 Å². The van der Waals surface area contributed by atoms with E-state index in [2.05, 4.69) is 118 Å². The van der Waals surface area contributed by atoms with Crippen LogP contribution in [-0.2, 0) is 30.2 Å². The molecule has 6 aromatic carbocycles. The van der Waals surface area contributed by atoms with E-state index >= 15 is 0 Å². The van der Waals surface area contributed by atoms with Crippen LogP contribution in [0.15, 0.2) is 200 Å². The Kier molecular flexibility index (Phi) is 28.3. The average Bonchev–Trinajstić information content (AvgIpc) is 4.21. The van der Waals surface area contributed by atoms with Gasteiger partial charge in [0, 0.05) is 34.4 Å². The fraction of sp³-hybridized carbons (Fsp3) is 0.164. The molecule has 0 radical (unpaired) electrons. The number of phenolic OH excluding ortho intramolecular Hbond substituents is 4. The van der Waals surface area contributed by atoms with Crippen LogP contribution in [0.5, 0.6) is 23.0 Å². The zero-order valence-electron chi connectivity index (χ0n) is 40.4. The Labute approximate surface area is 467 Å². The number of carboxylic acid groups (broad SMARTS) is 1. The van der Waals surface area contributed by atoms with Gasteiger partial charge in [0.25, 0.3) is 0 Å². The number of carbonyl (C=O) groups is 1. The van der Waals surface area contributed by atoms with Crippen molar-refractivity contribution in [3.05, 3.63) is 212 Å². The first-order valence-electron chi connectivity index (χ1n) is 21.4. The van der Waals surface area contributed by atoms with Crippen molar-refractivity contribution in [2.45, 2.75) is 54.4 Å². The second kappa shape index (κ2) is 31.7. The molecule has 73 heavy (non-hydrogen) atoms. The van der Waals surface area contributed by atoms with E-state index in [0.717, 1.165) is 34.9 Å². The Morgan fingerprint density at radius 1 is 0.658 bits per heavy atom. The third kappa shape index (κ3) is 22.0. The minimum Gasteiger partial charge on any atom is -0.508 e. The number of phenols is 4. The molecule has 1 aliphatic rings. The highest BCUT2D eigenvalue weighted by Crippen LogP contribution is 2.43. The second-order valence-corrected chi connectivity index (χ2v) is 21.7. The van der Waals surface area contributed by atoms with E-state index in [-0.39, 0.29) is 43.6 Å². The lowest BCUT2D eigenvalue weighted by atomic mass is 9.78. The average molecular weight is 1290 g/mol. The van der Waals surface area contributed by atoms with Gasteiger partial charge >= 0.3 is 5.97 Å². The third-order valence-electron chi connectivity index (χ3n) is 10.0. The molecule has 1 aliphatic heterocycles. The Morgan fingerprint density at radius 2 is 0.932 bits per heavy atom. The minimum atomic E-state index is -3.48. The van der Waals surface area contributed by atoms with Gasteiger partial charge in [-0.1, -0.05) is 90.4 Å². The number of sulfone groups is 1. The molecular weight excluding hydrogens is 1230 g/mol. The summed E-state index contributed by atoms with van der Waals surface area (Å²) in [5, 5.41) is 53.4. The number of nitrogens with zero attached hydrogens (tertiary/aromatic N) is 1. The molecule has 1 atom stereocenters. The minimum absolute atomic E-state index is 0.151. The summed E-state index contributed by atoms with van der Waals surface area (Å²) < 4.78 is 31.6. The number of nitrogens with two attached hydrogens (primary N) is 2. The number of aromatic hydroxyl groups is 4. The van der Waals surface area contributed by atoms with Crippen LogP contribution in [0.3, 0.4) is 0 Å². The number of aliphatic carboxylic acids is 1. The maximum absolute atomic E-state index is 12.2. The molecule has 0 bridgehead atoms. The number of epoxide rings is 1. The third-order valence-corrected chi connectivity index (χ3v) is 14.6. The van der Waals surface area contributed by atoms with Crippen molar-refractivity contribution in [3.8, 4) is 29.1 Å². The van der Waals surface area contributed by atoms with Crippen LogP contribution in [-0.4, -0.2) is 58.5 Å². The summed E-state index contributed by atoms with van der Waals surface area (Å²) in [7, 11) is -3.48. The van der Waals surface area contributed by atoms with E-state index in [1.54, 1.807) is 66.8 Å². The summed E-state index contributed by atoms with van der Waals surface area (Å²) in [6.45, 7) is 22.1.